The van der Waals surface area contributed by atoms with Crippen LogP contribution in [0.4, 0.5) is 9.59 Å². The third-order valence-corrected chi connectivity index (χ3v) is 4.99. The fourth-order valence-corrected chi connectivity index (χ4v) is 3.23. The summed E-state index contributed by atoms with van der Waals surface area (Å²) in [6.45, 7) is 0.450. The number of hydrogen-bond acceptors (Lipinski definition) is 5. The lowest BCUT2D eigenvalue weighted by Crippen LogP contribution is -2.47. The maximum atomic E-state index is 12.7. The summed E-state index contributed by atoms with van der Waals surface area (Å²) in [7, 11) is 1.49. The molecule has 1 heterocycles. The lowest BCUT2D eigenvalue weighted by atomic mass is 10.2. The Balaban J connectivity index is 1.64. The Kier molecular flexibility index (Phi) is 7.24. The number of thiophene rings is 1. The number of hydrogen-bond donors (Lipinski definition) is 0. The molecular formula is C22H22N2O4S. The normalized spacial score (nSPS) is 10.2. The van der Waals surface area contributed by atoms with Gasteiger partial charge in [-0.05, 0) is 22.6 Å². The Morgan fingerprint density at radius 2 is 1.34 bits per heavy atom. The number of amides is 2. The van der Waals surface area contributed by atoms with Gasteiger partial charge in [0.25, 0.3) is 0 Å². The van der Waals surface area contributed by atoms with Crippen molar-refractivity contribution < 1.29 is 19.1 Å². The highest BCUT2D eigenvalue weighted by Crippen LogP contribution is 2.16. The highest BCUT2D eigenvalue weighted by molar-refractivity contribution is 7.09. The number of hydrazine groups is 1. The zero-order valence-corrected chi connectivity index (χ0v) is 16.9. The monoisotopic (exact) mass is 410 g/mol. The van der Waals surface area contributed by atoms with E-state index < -0.39 is 12.2 Å². The van der Waals surface area contributed by atoms with Gasteiger partial charge in [0.05, 0.1) is 6.54 Å². The van der Waals surface area contributed by atoms with E-state index in [-0.39, 0.29) is 19.8 Å². The molecule has 3 aromatic rings. The van der Waals surface area contributed by atoms with Crippen LogP contribution >= 0.6 is 11.3 Å². The Hall–Kier alpha value is -3.32. The number of rotatable bonds is 6. The van der Waals surface area contributed by atoms with E-state index >= 15 is 0 Å². The van der Waals surface area contributed by atoms with Crippen LogP contribution in [-0.4, -0.2) is 29.3 Å². The zero-order chi connectivity index (χ0) is 20.5. The van der Waals surface area contributed by atoms with Crippen molar-refractivity contribution in [2.24, 2.45) is 0 Å². The first-order chi connectivity index (χ1) is 14.1. The standard InChI is InChI=1S/C22H22N2O4S/c1-23(21(25)27-16-18-9-4-2-5-10-18)24(15-20-13-8-14-29-20)22(26)28-17-19-11-6-3-7-12-19/h2-14H,15-17H2,1H3. The van der Waals surface area contributed by atoms with E-state index in [2.05, 4.69) is 0 Å². The Morgan fingerprint density at radius 1 is 0.793 bits per heavy atom. The van der Waals surface area contributed by atoms with E-state index in [0.29, 0.717) is 0 Å². The van der Waals surface area contributed by atoms with Crippen molar-refractivity contribution in [3.8, 4) is 0 Å². The highest BCUT2D eigenvalue weighted by atomic mass is 32.1. The minimum absolute atomic E-state index is 0.119. The predicted molar refractivity (Wildman–Crippen MR) is 111 cm³/mol. The Bertz CT molecular complexity index is 901. The molecule has 0 radical (unpaired) electrons. The van der Waals surface area contributed by atoms with Crippen LogP contribution in [-0.2, 0) is 29.2 Å². The first-order valence-electron chi connectivity index (χ1n) is 9.08. The highest BCUT2D eigenvalue weighted by Gasteiger charge is 2.26. The third-order valence-electron chi connectivity index (χ3n) is 4.13. The van der Waals surface area contributed by atoms with Gasteiger partial charge in [0.1, 0.15) is 13.2 Å². The van der Waals surface area contributed by atoms with Gasteiger partial charge in [-0.15, -0.1) is 11.3 Å². The molecule has 1 aromatic heterocycles. The topological polar surface area (TPSA) is 59.1 Å². The second-order valence-electron chi connectivity index (χ2n) is 6.24. The van der Waals surface area contributed by atoms with Crippen LogP contribution in [0.1, 0.15) is 16.0 Å². The average molecular weight is 410 g/mol. The van der Waals surface area contributed by atoms with Gasteiger partial charge >= 0.3 is 12.2 Å². The van der Waals surface area contributed by atoms with E-state index in [1.54, 1.807) is 0 Å². The number of nitrogens with zero attached hydrogens (tertiary/aromatic N) is 2. The van der Waals surface area contributed by atoms with E-state index in [4.69, 9.17) is 9.47 Å². The Labute approximate surface area is 173 Å². The van der Waals surface area contributed by atoms with Gasteiger partial charge < -0.3 is 9.47 Å². The summed E-state index contributed by atoms with van der Waals surface area (Å²) in [6.07, 6.45) is -1.26. The van der Waals surface area contributed by atoms with Crippen molar-refractivity contribution >= 4 is 23.5 Å². The number of ether oxygens (including phenoxy) is 2. The molecule has 0 N–H and O–H groups in total. The molecule has 0 unspecified atom stereocenters. The minimum Gasteiger partial charge on any atom is -0.443 e. The summed E-state index contributed by atoms with van der Waals surface area (Å²) in [5.74, 6) is 0. The first-order valence-corrected chi connectivity index (χ1v) is 9.96. The largest absolute Gasteiger partial charge is 0.443 e. The van der Waals surface area contributed by atoms with Crippen LogP contribution in [0.5, 0.6) is 0 Å². The molecule has 0 saturated heterocycles. The SMILES string of the molecule is CN(C(=O)OCc1ccccc1)N(Cc1cccs1)C(=O)OCc1ccccc1. The second-order valence-corrected chi connectivity index (χ2v) is 7.27. The van der Waals surface area contributed by atoms with Crippen LogP contribution in [0.3, 0.4) is 0 Å². The average Bonchev–Trinajstić information content (AvgIpc) is 3.28. The second kappa shape index (κ2) is 10.3. The molecule has 3 rings (SSSR count). The summed E-state index contributed by atoms with van der Waals surface area (Å²) in [5, 5.41) is 4.30. The molecule has 0 aliphatic carbocycles. The van der Waals surface area contributed by atoms with Crippen molar-refractivity contribution in [1.29, 1.82) is 0 Å². The maximum Gasteiger partial charge on any atom is 0.429 e. The summed E-state index contributed by atoms with van der Waals surface area (Å²) >= 11 is 1.49. The summed E-state index contributed by atoms with van der Waals surface area (Å²) in [4.78, 5) is 26.2. The van der Waals surface area contributed by atoms with Gasteiger partial charge in [-0.3, -0.25) is 0 Å². The summed E-state index contributed by atoms with van der Waals surface area (Å²) in [6, 6.07) is 22.5. The van der Waals surface area contributed by atoms with Crippen molar-refractivity contribution in [2.75, 3.05) is 7.05 Å². The fraction of sp³-hybridized carbons (Fsp3) is 0.182. The van der Waals surface area contributed by atoms with Crippen LogP contribution in [0, 0.1) is 0 Å². The van der Waals surface area contributed by atoms with E-state index in [0.717, 1.165) is 21.0 Å². The molecule has 0 spiro atoms. The van der Waals surface area contributed by atoms with Crippen LogP contribution in [0.15, 0.2) is 78.2 Å². The fourth-order valence-electron chi connectivity index (χ4n) is 2.55. The molecule has 0 aliphatic rings. The van der Waals surface area contributed by atoms with Crippen LogP contribution in [0.2, 0.25) is 0 Å². The van der Waals surface area contributed by atoms with Gasteiger partial charge in [0.2, 0.25) is 0 Å². The smallest absolute Gasteiger partial charge is 0.429 e. The van der Waals surface area contributed by atoms with Crippen molar-refractivity contribution in [1.82, 2.24) is 10.0 Å². The van der Waals surface area contributed by atoms with Crippen molar-refractivity contribution in [3.63, 3.8) is 0 Å². The summed E-state index contributed by atoms with van der Waals surface area (Å²) in [5.41, 5.74) is 1.73. The minimum atomic E-state index is -0.637. The molecule has 0 aliphatic heterocycles. The van der Waals surface area contributed by atoms with Gasteiger partial charge in [-0.1, -0.05) is 66.7 Å². The lowest BCUT2D eigenvalue weighted by molar-refractivity contribution is -0.0162. The first kappa shape index (κ1) is 20.4. The quantitative estimate of drug-likeness (QED) is 0.532. The predicted octanol–water partition coefficient (Wildman–Crippen LogP) is 5.07. The number of carbonyl (C=O) groups is 2. The lowest BCUT2D eigenvalue weighted by Gasteiger charge is -2.30. The van der Waals surface area contributed by atoms with Gasteiger partial charge in [-0.2, -0.15) is 0 Å². The van der Waals surface area contributed by atoms with E-state index in [1.165, 1.54) is 23.4 Å². The van der Waals surface area contributed by atoms with Gasteiger partial charge in [0, 0.05) is 11.9 Å². The van der Waals surface area contributed by atoms with Crippen LogP contribution in [0.25, 0.3) is 0 Å². The number of benzene rings is 2. The molecule has 0 atom stereocenters. The molecule has 0 fully saturated rings. The van der Waals surface area contributed by atoms with E-state index in [1.807, 2.05) is 78.2 Å². The molecule has 0 bridgehead atoms. The molecule has 150 valence electrons. The van der Waals surface area contributed by atoms with Gasteiger partial charge in [-0.25, -0.2) is 19.6 Å². The number of carbonyl (C=O) groups excluding carboxylic acids is 2. The molecule has 2 amide bonds. The Morgan fingerprint density at radius 3 is 1.86 bits per heavy atom. The molecular weight excluding hydrogens is 388 g/mol. The van der Waals surface area contributed by atoms with E-state index in [9.17, 15) is 9.59 Å². The maximum absolute atomic E-state index is 12.7. The molecule has 29 heavy (non-hydrogen) atoms. The summed E-state index contributed by atoms with van der Waals surface area (Å²) < 4.78 is 10.8. The zero-order valence-electron chi connectivity index (χ0n) is 16.1. The third kappa shape index (κ3) is 6.08. The molecule has 6 nitrogen and oxygen atoms in total. The molecule has 0 saturated carbocycles. The van der Waals surface area contributed by atoms with Crippen molar-refractivity contribution in [2.45, 2.75) is 19.8 Å². The molecule has 2 aromatic carbocycles. The van der Waals surface area contributed by atoms with Crippen molar-refractivity contribution in [3.05, 3.63) is 94.2 Å². The van der Waals surface area contributed by atoms with Gasteiger partial charge in [0.15, 0.2) is 0 Å². The molecule has 7 heteroatoms. The van der Waals surface area contributed by atoms with Crippen LogP contribution < -0.4 is 0 Å².